The Balaban J connectivity index is 1.68. The lowest BCUT2D eigenvalue weighted by Crippen LogP contribution is -2.26. The van der Waals surface area contributed by atoms with Crippen LogP contribution in [0.1, 0.15) is 11.5 Å². The minimum atomic E-state index is 0.116. The molecule has 0 aliphatic rings. The van der Waals surface area contributed by atoms with Crippen LogP contribution < -0.4 is 0 Å². The summed E-state index contributed by atoms with van der Waals surface area (Å²) in [6.07, 6.45) is 1.76. The van der Waals surface area contributed by atoms with E-state index in [1.807, 2.05) is 35.7 Å². The largest absolute Gasteiger partial charge is 0.438 e. The minimum Gasteiger partial charge on any atom is -0.438 e. The maximum Gasteiger partial charge on any atom is 0.209 e. The number of hydrogen-bond donors (Lipinski definition) is 1. The van der Waals surface area contributed by atoms with Crippen molar-refractivity contribution in [1.82, 2.24) is 9.88 Å². The van der Waals surface area contributed by atoms with Crippen molar-refractivity contribution >= 4 is 11.3 Å². The Bertz CT molecular complexity index is 680. The molecule has 0 aliphatic carbocycles. The van der Waals surface area contributed by atoms with E-state index in [0.717, 1.165) is 17.2 Å². The van der Waals surface area contributed by atoms with Crippen molar-refractivity contribution in [1.29, 1.82) is 0 Å². The van der Waals surface area contributed by atoms with E-state index in [9.17, 15) is 5.11 Å². The van der Waals surface area contributed by atoms with Crippen LogP contribution in [0.4, 0.5) is 0 Å². The van der Waals surface area contributed by atoms with Gasteiger partial charge in [0.1, 0.15) is 0 Å². The zero-order valence-electron chi connectivity index (χ0n) is 12.2. The Kier molecular flexibility index (Phi) is 5.00. The first-order valence-corrected chi connectivity index (χ1v) is 8.09. The molecule has 0 amide bonds. The molecule has 22 heavy (non-hydrogen) atoms. The molecule has 0 saturated heterocycles. The van der Waals surface area contributed by atoms with Crippen LogP contribution >= 0.6 is 11.3 Å². The highest BCUT2D eigenvalue weighted by atomic mass is 32.1. The van der Waals surface area contributed by atoms with Crippen LogP contribution in [0.3, 0.4) is 0 Å². The molecule has 0 aliphatic heterocycles. The third-order valence-electron chi connectivity index (χ3n) is 3.34. The zero-order valence-corrected chi connectivity index (χ0v) is 13.0. The predicted molar refractivity (Wildman–Crippen MR) is 87.5 cm³/mol. The highest BCUT2D eigenvalue weighted by molar-refractivity contribution is 7.13. The highest BCUT2D eigenvalue weighted by Crippen LogP contribution is 2.25. The van der Waals surface area contributed by atoms with E-state index < -0.39 is 0 Å². The molecule has 2 aromatic heterocycles. The molecule has 5 heteroatoms. The Morgan fingerprint density at radius 3 is 2.68 bits per heavy atom. The molecule has 0 saturated carbocycles. The predicted octanol–water partition coefficient (Wildman–Crippen LogP) is 3.40. The number of aliphatic hydroxyl groups excluding tert-OH is 1. The van der Waals surface area contributed by atoms with Gasteiger partial charge in [-0.2, -0.15) is 0 Å². The summed E-state index contributed by atoms with van der Waals surface area (Å²) in [5.41, 5.74) is 1.21. The lowest BCUT2D eigenvalue weighted by atomic mass is 10.2. The molecule has 1 aromatic carbocycles. The Labute approximate surface area is 133 Å². The van der Waals surface area contributed by atoms with Gasteiger partial charge in [0.25, 0.3) is 0 Å². The van der Waals surface area contributed by atoms with E-state index in [2.05, 4.69) is 22.0 Å². The molecule has 114 valence electrons. The van der Waals surface area contributed by atoms with E-state index in [0.29, 0.717) is 19.0 Å². The van der Waals surface area contributed by atoms with Crippen molar-refractivity contribution in [3.63, 3.8) is 0 Å². The van der Waals surface area contributed by atoms with Crippen LogP contribution in [-0.2, 0) is 13.1 Å². The van der Waals surface area contributed by atoms with Crippen LogP contribution in [0, 0.1) is 0 Å². The highest BCUT2D eigenvalue weighted by Gasteiger charge is 2.12. The van der Waals surface area contributed by atoms with E-state index in [1.54, 1.807) is 17.5 Å². The van der Waals surface area contributed by atoms with E-state index in [1.165, 1.54) is 5.56 Å². The van der Waals surface area contributed by atoms with Gasteiger partial charge in [0.05, 0.1) is 24.2 Å². The summed E-state index contributed by atoms with van der Waals surface area (Å²) in [7, 11) is 0. The second-order valence-electron chi connectivity index (χ2n) is 5.02. The minimum absolute atomic E-state index is 0.116. The van der Waals surface area contributed by atoms with E-state index in [4.69, 9.17) is 4.42 Å². The molecule has 0 unspecified atom stereocenters. The van der Waals surface area contributed by atoms with Crippen molar-refractivity contribution in [2.24, 2.45) is 0 Å². The number of oxazole rings is 1. The Hall–Kier alpha value is -1.95. The number of aliphatic hydroxyl groups is 1. The van der Waals surface area contributed by atoms with Crippen molar-refractivity contribution in [2.75, 3.05) is 13.2 Å². The van der Waals surface area contributed by atoms with E-state index in [-0.39, 0.29) is 6.61 Å². The van der Waals surface area contributed by atoms with Crippen LogP contribution in [0.5, 0.6) is 0 Å². The van der Waals surface area contributed by atoms with Gasteiger partial charge in [-0.15, -0.1) is 11.3 Å². The lowest BCUT2D eigenvalue weighted by Gasteiger charge is -2.19. The molecule has 0 radical (unpaired) electrons. The summed E-state index contributed by atoms with van der Waals surface area (Å²) in [6.45, 7) is 2.05. The number of nitrogens with zero attached hydrogens (tertiary/aromatic N) is 2. The second kappa shape index (κ2) is 7.35. The summed E-state index contributed by atoms with van der Waals surface area (Å²) >= 11 is 1.63. The molecule has 0 fully saturated rings. The Morgan fingerprint density at radius 1 is 1.09 bits per heavy atom. The molecule has 2 heterocycles. The topological polar surface area (TPSA) is 49.5 Å². The fourth-order valence-corrected chi connectivity index (χ4v) is 2.98. The molecule has 0 atom stereocenters. The third kappa shape index (κ3) is 3.82. The zero-order chi connectivity index (χ0) is 15.2. The van der Waals surface area contributed by atoms with Crippen LogP contribution in [0.15, 0.2) is 58.5 Å². The van der Waals surface area contributed by atoms with Crippen LogP contribution in [0.25, 0.3) is 10.6 Å². The average Bonchev–Trinajstić information content (AvgIpc) is 3.19. The summed E-state index contributed by atoms with van der Waals surface area (Å²) < 4.78 is 5.82. The van der Waals surface area contributed by atoms with Gasteiger partial charge in [0.2, 0.25) is 5.89 Å². The quantitative estimate of drug-likeness (QED) is 0.726. The van der Waals surface area contributed by atoms with Gasteiger partial charge in [-0.3, -0.25) is 4.90 Å². The van der Waals surface area contributed by atoms with E-state index >= 15 is 0 Å². The van der Waals surface area contributed by atoms with Crippen molar-refractivity contribution in [2.45, 2.75) is 13.1 Å². The average molecular weight is 314 g/mol. The van der Waals surface area contributed by atoms with Gasteiger partial charge in [-0.25, -0.2) is 4.98 Å². The van der Waals surface area contributed by atoms with Crippen molar-refractivity contribution in [3.05, 3.63) is 65.5 Å². The molecule has 1 N–H and O–H groups in total. The summed E-state index contributed by atoms with van der Waals surface area (Å²) in [4.78, 5) is 7.56. The van der Waals surface area contributed by atoms with Crippen molar-refractivity contribution in [3.8, 4) is 10.6 Å². The molecular formula is C17H18N2O2S. The standard InChI is InChI=1S/C17H18N2O2S/c20-9-8-19(12-14-5-2-1-3-6-14)13-17-18-11-15(21-17)16-7-4-10-22-16/h1-7,10-11,20H,8-9,12-13H2. The van der Waals surface area contributed by atoms with Gasteiger partial charge in [0, 0.05) is 13.1 Å². The molecule has 0 bridgehead atoms. The SMILES string of the molecule is OCCN(Cc1ccccc1)Cc1ncc(-c2cccs2)o1. The van der Waals surface area contributed by atoms with Crippen LogP contribution in [0.2, 0.25) is 0 Å². The first-order valence-electron chi connectivity index (χ1n) is 7.21. The normalized spacial score (nSPS) is 11.2. The van der Waals surface area contributed by atoms with Crippen LogP contribution in [-0.4, -0.2) is 28.1 Å². The van der Waals surface area contributed by atoms with Gasteiger partial charge in [0.15, 0.2) is 5.76 Å². The van der Waals surface area contributed by atoms with Gasteiger partial charge < -0.3 is 9.52 Å². The number of rotatable bonds is 7. The molecule has 0 spiro atoms. The first kappa shape index (κ1) is 15.0. The number of hydrogen-bond acceptors (Lipinski definition) is 5. The fraction of sp³-hybridized carbons (Fsp3) is 0.235. The number of thiophene rings is 1. The molecule has 3 aromatic rings. The lowest BCUT2D eigenvalue weighted by molar-refractivity contribution is 0.173. The van der Waals surface area contributed by atoms with Gasteiger partial charge in [-0.1, -0.05) is 36.4 Å². The smallest absolute Gasteiger partial charge is 0.209 e. The molecular weight excluding hydrogens is 296 g/mol. The summed E-state index contributed by atoms with van der Waals surface area (Å²) in [5.74, 6) is 1.47. The molecule has 4 nitrogen and oxygen atoms in total. The maximum absolute atomic E-state index is 9.26. The third-order valence-corrected chi connectivity index (χ3v) is 4.23. The Morgan fingerprint density at radius 2 is 1.95 bits per heavy atom. The number of aromatic nitrogens is 1. The molecule has 3 rings (SSSR count). The number of benzene rings is 1. The fourth-order valence-electron chi connectivity index (χ4n) is 2.30. The van der Waals surface area contributed by atoms with Crippen molar-refractivity contribution < 1.29 is 9.52 Å². The summed E-state index contributed by atoms with van der Waals surface area (Å²) in [6, 6.07) is 14.2. The first-order chi connectivity index (χ1) is 10.8. The van der Waals surface area contributed by atoms with Gasteiger partial charge in [-0.05, 0) is 17.0 Å². The second-order valence-corrected chi connectivity index (χ2v) is 5.96. The monoisotopic (exact) mass is 314 g/mol. The summed E-state index contributed by atoms with van der Waals surface area (Å²) in [5, 5.41) is 11.3. The maximum atomic E-state index is 9.26. The van der Waals surface area contributed by atoms with Gasteiger partial charge >= 0.3 is 0 Å².